The molecule has 0 amide bonds. The Hall–Kier alpha value is -1.51. The van der Waals surface area contributed by atoms with Gasteiger partial charge in [-0.25, -0.2) is 0 Å². The van der Waals surface area contributed by atoms with Gasteiger partial charge in [-0.05, 0) is 54.7 Å². The summed E-state index contributed by atoms with van der Waals surface area (Å²) in [6, 6.07) is 4.22. The molecule has 0 heterocycles. The molecule has 4 saturated carbocycles. The maximum absolute atomic E-state index is 7.32. The van der Waals surface area contributed by atoms with Gasteiger partial charge in [-0.2, -0.15) is 0 Å². The maximum atomic E-state index is 7.32. The Balaban J connectivity index is 1.50. The summed E-state index contributed by atoms with van der Waals surface area (Å²) in [5.41, 5.74) is 2.26. The molecule has 4 aliphatic rings. The van der Waals surface area contributed by atoms with E-state index in [1.165, 1.54) is 128 Å². The summed E-state index contributed by atoms with van der Waals surface area (Å²) in [4.78, 5) is 0. The van der Waals surface area contributed by atoms with Crippen molar-refractivity contribution in [2.45, 2.75) is 166 Å². The summed E-state index contributed by atoms with van der Waals surface area (Å²) in [5, 5.41) is 0. The van der Waals surface area contributed by atoms with Crippen LogP contribution in [0.2, 0.25) is 23.3 Å². The Morgan fingerprint density at radius 2 is 1.02 bits per heavy atom. The molecule has 5 rings (SSSR count). The van der Waals surface area contributed by atoms with Crippen molar-refractivity contribution in [2.24, 2.45) is 0 Å². The average Bonchev–Trinajstić information content (AvgIpc) is 3.01. The van der Waals surface area contributed by atoms with Crippen LogP contribution in [0.1, 0.15) is 140 Å². The van der Waals surface area contributed by atoms with Crippen LogP contribution in [0.4, 0.5) is 0 Å². The first-order valence-electron chi connectivity index (χ1n) is 17.3. The molecule has 0 unspecified atom stereocenters. The van der Waals surface area contributed by atoms with Gasteiger partial charge in [0.1, 0.15) is 11.5 Å². The van der Waals surface area contributed by atoms with E-state index >= 15 is 0 Å². The first kappa shape index (κ1) is 30.0. The Kier molecular flexibility index (Phi) is 11.3. The van der Waals surface area contributed by atoms with Crippen LogP contribution in [0.15, 0.2) is 24.1 Å². The molecule has 0 aromatic heterocycles. The standard InChI is InChI=1S/C35H56B2O3/c1-27-24-33(38-3)25-28(2)35(27)39-34(26-36(29-16-8-4-9-17-29)30-18-10-5-11-19-30)40-37(31-20-12-6-13-21-31)32-22-14-7-15-23-32/h24-26,29-32H,4-23H2,1-3H3/b34-26+. The van der Waals surface area contributed by atoms with E-state index in [1.807, 2.05) is 0 Å². The Morgan fingerprint density at radius 1 is 0.625 bits per heavy atom. The van der Waals surface area contributed by atoms with Crippen molar-refractivity contribution in [3.8, 4) is 11.5 Å². The average molecular weight is 546 g/mol. The third kappa shape index (κ3) is 7.86. The van der Waals surface area contributed by atoms with Gasteiger partial charge in [0, 0.05) is 0 Å². The zero-order valence-corrected chi connectivity index (χ0v) is 26.1. The summed E-state index contributed by atoms with van der Waals surface area (Å²) >= 11 is 0. The van der Waals surface area contributed by atoms with Crippen molar-refractivity contribution in [1.29, 1.82) is 0 Å². The highest BCUT2D eigenvalue weighted by atomic mass is 16.7. The second-order valence-corrected chi connectivity index (χ2v) is 13.9. The van der Waals surface area contributed by atoms with E-state index in [0.29, 0.717) is 25.3 Å². The van der Waals surface area contributed by atoms with Gasteiger partial charge in [-0.15, -0.1) is 0 Å². The van der Waals surface area contributed by atoms with Crippen LogP contribution in [0.25, 0.3) is 0 Å². The molecule has 5 heteroatoms. The fourth-order valence-corrected chi connectivity index (χ4v) is 8.88. The quantitative estimate of drug-likeness (QED) is 0.216. The van der Waals surface area contributed by atoms with Gasteiger partial charge >= 0.3 is 6.92 Å². The minimum absolute atomic E-state index is 0.295. The molecule has 0 atom stereocenters. The monoisotopic (exact) mass is 546 g/mol. The van der Waals surface area contributed by atoms with E-state index in [0.717, 1.165) is 40.2 Å². The molecule has 1 aromatic carbocycles. The summed E-state index contributed by atoms with van der Waals surface area (Å²) in [7, 11) is 1.75. The van der Waals surface area contributed by atoms with Crippen molar-refractivity contribution < 1.29 is 14.1 Å². The maximum Gasteiger partial charge on any atom is 0.368 e. The number of methoxy groups -OCH3 is 1. The number of benzene rings is 1. The van der Waals surface area contributed by atoms with Crippen molar-refractivity contribution >= 4 is 13.6 Å². The van der Waals surface area contributed by atoms with E-state index in [2.05, 4.69) is 32.0 Å². The SMILES string of the molecule is COc1cc(C)c(O/C(=C\B(C2CCCCC2)C2CCCCC2)OB(C2CCCCC2)C2CCCCC2)c(C)c1. The van der Waals surface area contributed by atoms with Gasteiger partial charge in [0.25, 0.3) is 5.95 Å². The smallest absolute Gasteiger partial charge is 0.368 e. The van der Waals surface area contributed by atoms with E-state index in [9.17, 15) is 0 Å². The second-order valence-electron chi connectivity index (χ2n) is 13.9. The number of ether oxygens (including phenoxy) is 2. The first-order valence-corrected chi connectivity index (χ1v) is 17.3. The summed E-state index contributed by atoms with van der Waals surface area (Å²) in [6.45, 7) is 5.18. The molecule has 40 heavy (non-hydrogen) atoms. The molecule has 0 N–H and O–H groups in total. The molecule has 0 saturated heterocycles. The van der Waals surface area contributed by atoms with Crippen LogP contribution in [0, 0.1) is 13.8 Å². The fourth-order valence-electron chi connectivity index (χ4n) is 8.88. The minimum atomic E-state index is 0.295. The lowest BCUT2D eigenvalue weighted by Gasteiger charge is -2.37. The number of hydrogen-bond donors (Lipinski definition) is 0. The van der Waals surface area contributed by atoms with E-state index < -0.39 is 0 Å². The lowest BCUT2D eigenvalue weighted by atomic mass is 9.30. The van der Waals surface area contributed by atoms with Crippen molar-refractivity contribution in [3.05, 3.63) is 35.2 Å². The third-order valence-corrected chi connectivity index (χ3v) is 11.1. The number of rotatable bonds is 10. The Bertz CT molecular complexity index is 879. The highest BCUT2D eigenvalue weighted by Gasteiger charge is 2.40. The van der Waals surface area contributed by atoms with Crippen LogP contribution < -0.4 is 9.47 Å². The zero-order valence-electron chi connectivity index (χ0n) is 26.1. The lowest BCUT2D eigenvalue weighted by Crippen LogP contribution is -2.35. The molecule has 0 bridgehead atoms. The minimum Gasteiger partial charge on any atom is -0.536 e. The second kappa shape index (κ2) is 15.1. The van der Waals surface area contributed by atoms with Gasteiger partial charge in [0.2, 0.25) is 0 Å². The highest BCUT2D eigenvalue weighted by Crippen LogP contribution is 2.45. The largest absolute Gasteiger partial charge is 0.536 e. The fraction of sp³-hybridized carbons (Fsp3) is 0.771. The van der Waals surface area contributed by atoms with E-state index in [4.69, 9.17) is 14.1 Å². The third-order valence-electron chi connectivity index (χ3n) is 11.1. The summed E-state index contributed by atoms with van der Waals surface area (Å²) < 4.78 is 19.9. The molecule has 4 fully saturated rings. The first-order chi connectivity index (χ1) is 19.6. The lowest BCUT2D eigenvalue weighted by molar-refractivity contribution is 0.210. The molecule has 1 aromatic rings. The Morgan fingerprint density at radius 3 is 1.43 bits per heavy atom. The van der Waals surface area contributed by atoms with Crippen LogP contribution in [0.5, 0.6) is 11.5 Å². The summed E-state index contributed by atoms with van der Waals surface area (Å²) in [5.74, 6) is 8.13. The van der Waals surface area contributed by atoms with Crippen molar-refractivity contribution in [2.75, 3.05) is 7.11 Å². The van der Waals surface area contributed by atoms with Gasteiger partial charge in [0.05, 0.1) is 7.11 Å². The molecule has 220 valence electrons. The van der Waals surface area contributed by atoms with E-state index in [1.54, 1.807) is 7.11 Å². The van der Waals surface area contributed by atoms with Crippen LogP contribution in [-0.4, -0.2) is 20.7 Å². The number of hydrogen-bond acceptors (Lipinski definition) is 3. The topological polar surface area (TPSA) is 27.7 Å². The molecule has 0 aliphatic heterocycles. The predicted molar refractivity (Wildman–Crippen MR) is 171 cm³/mol. The van der Waals surface area contributed by atoms with Gasteiger partial charge < -0.3 is 14.1 Å². The summed E-state index contributed by atoms with van der Waals surface area (Å²) in [6.07, 6.45) is 27.4. The molecular formula is C35H56B2O3. The van der Waals surface area contributed by atoms with Gasteiger partial charge in [0.15, 0.2) is 6.71 Å². The van der Waals surface area contributed by atoms with E-state index in [-0.39, 0.29) is 0 Å². The van der Waals surface area contributed by atoms with Gasteiger partial charge in [-0.3, -0.25) is 0 Å². The molecule has 0 spiro atoms. The molecule has 0 radical (unpaired) electrons. The zero-order chi connectivity index (χ0) is 27.7. The van der Waals surface area contributed by atoms with Crippen molar-refractivity contribution in [3.63, 3.8) is 0 Å². The van der Waals surface area contributed by atoms with Crippen LogP contribution >= 0.6 is 0 Å². The van der Waals surface area contributed by atoms with Crippen LogP contribution in [-0.2, 0) is 4.65 Å². The predicted octanol–water partition coefficient (Wildman–Crippen LogP) is 10.9. The normalized spacial score (nSPS) is 22.6. The highest BCUT2D eigenvalue weighted by molar-refractivity contribution is 6.67. The molecule has 3 nitrogen and oxygen atoms in total. The van der Waals surface area contributed by atoms with Gasteiger partial charge in [-0.1, -0.05) is 140 Å². The number of aryl methyl sites for hydroxylation is 2. The van der Waals surface area contributed by atoms with Crippen LogP contribution in [0.3, 0.4) is 0 Å². The molecule has 4 aliphatic carbocycles. The Labute approximate surface area is 246 Å². The van der Waals surface area contributed by atoms with Crippen molar-refractivity contribution in [1.82, 2.24) is 0 Å². The molecular weight excluding hydrogens is 490 g/mol.